The third-order valence-electron chi connectivity index (χ3n) is 2.86. The molecule has 0 saturated heterocycles. The third-order valence-corrected chi connectivity index (χ3v) is 3.56. The monoisotopic (exact) mass is 311 g/mol. The lowest BCUT2D eigenvalue weighted by Crippen LogP contribution is -2.40. The molecule has 2 rings (SSSR count). The first-order valence-corrected chi connectivity index (χ1v) is 6.29. The molecular formula is C13H14BrNO3. The second-order valence-corrected chi connectivity index (χ2v) is 5.24. The Morgan fingerprint density at radius 2 is 2.22 bits per heavy atom. The lowest BCUT2D eigenvalue weighted by atomic mass is 10.1. The zero-order valence-corrected chi connectivity index (χ0v) is 11.8. The number of carbonyl (C=O) groups excluding carboxylic acids is 1. The molecule has 0 radical (unpaired) electrons. The Morgan fingerprint density at radius 1 is 1.50 bits per heavy atom. The van der Waals surface area contributed by atoms with Gasteiger partial charge in [0.2, 0.25) is 0 Å². The highest BCUT2D eigenvalue weighted by Gasteiger charge is 2.32. The quantitative estimate of drug-likeness (QED) is 0.885. The maximum absolute atomic E-state index is 11.5. The van der Waals surface area contributed by atoms with Gasteiger partial charge in [-0.2, -0.15) is 0 Å². The summed E-state index contributed by atoms with van der Waals surface area (Å²) in [6.07, 6.45) is 1.84. The molecule has 0 bridgehead atoms. The number of hydrogen-bond donors (Lipinski definition) is 1. The number of hydrogen-bond acceptors (Lipinski definition) is 3. The van der Waals surface area contributed by atoms with Gasteiger partial charge < -0.3 is 14.4 Å². The molecule has 0 saturated carbocycles. The van der Waals surface area contributed by atoms with Gasteiger partial charge >= 0.3 is 5.97 Å². The summed E-state index contributed by atoms with van der Waals surface area (Å²) in [5.41, 5.74) is -0.586. The number of rotatable bonds is 3. The van der Waals surface area contributed by atoms with E-state index in [1.807, 2.05) is 35.0 Å². The molecule has 0 fully saturated rings. The van der Waals surface area contributed by atoms with Crippen LogP contribution in [0.1, 0.15) is 6.92 Å². The minimum Gasteiger partial charge on any atom is -0.467 e. The van der Waals surface area contributed by atoms with Crippen molar-refractivity contribution < 1.29 is 14.6 Å². The van der Waals surface area contributed by atoms with E-state index in [9.17, 15) is 9.90 Å². The fourth-order valence-corrected chi connectivity index (χ4v) is 2.43. The molecule has 1 heterocycles. The summed E-state index contributed by atoms with van der Waals surface area (Å²) in [6, 6.07) is 7.74. The van der Waals surface area contributed by atoms with Crippen molar-refractivity contribution in [3.05, 3.63) is 34.9 Å². The summed E-state index contributed by atoms with van der Waals surface area (Å²) in [7, 11) is 1.27. The van der Waals surface area contributed by atoms with Gasteiger partial charge in [-0.1, -0.05) is 22.0 Å². The number of aromatic nitrogens is 1. The number of carbonyl (C=O) groups is 1. The average Bonchev–Trinajstić information content (AvgIpc) is 2.72. The summed E-state index contributed by atoms with van der Waals surface area (Å²) >= 11 is 3.46. The van der Waals surface area contributed by atoms with E-state index in [-0.39, 0.29) is 6.54 Å². The molecule has 0 amide bonds. The van der Waals surface area contributed by atoms with Crippen molar-refractivity contribution >= 4 is 32.8 Å². The summed E-state index contributed by atoms with van der Waals surface area (Å²) in [4.78, 5) is 11.5. The molecule has 0 spiro atoms. The van der Waals surface area contributed by atoms with E-state index in [0.717, 1.165) is 15.4 Å². The van der Waals surface area contributed by atoms with Crippen molar-refractivity contribution in [3.63, 3.8) is 0 Å². The van der Waals surface area contributed by atoms with Gasteiger partial charge in [0.05, 0.1) is 13.7 Å². The molecule has 1 aromatic heterocycles. The van der Waals surface area contributed by atoms with Crippen molar-refractivity contribution in [2.24, 2.45) is 0 Å². The molecule has 18 heavy (non-hydrogen) atoms. The maximum Gasteiger partial charge on any atom is 0.339 e. The highest BCUT2D eigenvalue weighted by molar-refractivity contribution is 9.10. The Morgan fingerprint density at radius 3 is 2.89 bits per heavy atom. The highest BCUT2D eigenvalue weighted by Crippen LogP contribution is 2.25. The average molecular weight is 312 g/mol. The molecule has 4 nitrogen and oxygen atoms in total. The van der Waals surface area contributed by atoms with Crippen LogP contribution in [0.15, 0.2) is 34.9 Å². The Kier molecular flexibility index (Phi) is 3.45. The molecule has 5 heteroatoms. The van der Waals surface area contributed by atoms with Crippen LogP contribution in [-0.4, -0.2) is 28.4 Å². The lowest BCUT2D eigenvalue weighted by Gasteiger charge is -2.21. The molecular weight excluding hydrogens is 298 g/mol. The van der Waals surface area contributed by atoms with Crippen LogP contribution < -0.4 is 0 Å². The van der Waals surface area contributed by atoms with Crippen LogP contribution in [0, 0.1) is 0 Å². The number of halogens is 1. The summed E-state index contributed by atoms with van der Waals surface area (Å²) in [6.45, 7) is 1.60. The van der Waals surface area contributed by atoms with Gasteiger partial charge in [0.15, 0.2) is 5.60 Å². The number of aliphatic hydroxyl groups is 1. The van der Waals surface area contributed by atoms with Crippen LogP contribution in [0.2, 0.25) is 0 Å². The van der Waals surface area contributed by atoms with E-state index >= 15 is 0 Å². The molecule has 1 aromatic carbocycles. The fourth-order valence-electron chi connectivity index (χ4n) is 1.94. The third kappa shape index (κ3) is 2.28. The SMILES string of the molecule is COC(=O)C(C)(O)Cn1ccc2c(Br)cccc21. The van der Waals surface area contributed by atoms with Crippen molar-refractivity contribution in [2.45, 2.75) is 19.1 Å². The van der Waals surface area contributed by atoms with Gasteiger partial charge in [0, 0.05) is 21.6 Å². The zero-order valence-electron chi connectivity index (χ0n) is 10.2. The van der Waals surface area contributed by atoms with Gasteiger partial charge in [-0.3, -0.25) is 0 Å². The van der Waals surface area contributed by atoms with E-state index in [1.165, 1.54) is 14.0 Å². The molecule has 2 aromatic rings. The van der Waals surface area contributed by atoms with Gasteiger partial charge in [-0.05, 0) is 25.1 Å². The van der Waals surface area contributed by atoms with Crippen molar-refractivity contribution in [2.75, 3.05) is 7.11 Å². The highest BCUT2D eigenvalue weighted by atomic mass is 79.9. The number of benzene rings is 1. The first kappa shape index (κ1) is 13.1. The molecule has 1 atom stereocenters. The fraction of sp³-hybridized carbons (Fsp3) is 0.308. The normalized spacial score (nSPS) is 14.4. The molecule has 0 aliphatic carbocycles. The van der Waals surface area contributed by atoms with Crippen LogP contribution in [-0.2, 0) is 16.1 Å². The second-order valence-electron chi connectivity index (χ2n) is 4.38. The van der Waals surface area contributed by atoms with E-state index in [4.69, 9.17) is 0 Å². The molecule has 96 valence electrons. The maximum atomic E-state index is 11.5. The smallest absolute Gasteiger partial charge is 0.339 e. The minimum absolute atomic E-state index is 0.152. The largest absolute Gasteiger partial charge is 0.467 e. The number of ether oxygens (including phenoxy) is 1. The summed E-state index contributed by atoms with van der Waals surface area (Å²) in [5, 5.41) is 11.1. The van der Waals surface area contributed by atoms with Gasteiger partial charge in [-0.15, -0.1) is 0 Å². The molecule has 0 aliphatic heterocycles. The first-order chi connectivity index (χ1) is 8.45. The van der Waals surface area contributed by atoms with Crippen LogP contribution in [0.3, 0.4) is 0 Å². The molecule has 0 aliphatic rings. The predicted octanol–water partition coefficient (Wildman–Crippen LogP) is 2.33. The zero-order chi connectivity index (χ0) is 13.3. The molecule has 1 unspecified atom stereocenters. The van der Waals surface area contributed by atoms with Crippen molar-refractivity contribution in [1.29, 1.82) is 0 Å². The Balaban J connectivity index is 2.39. The topological polar surface area (TPSA) is 51.5 Å². The second kappa shape index (κ2) is 4.74. The van der Waals surface area contributed by atoms with Gasteiger partial charge in [0.1, 0.15) is 0 Å². The predicted molar refractivity (Wildman–Crippen MR) is 72.3 cm³/mol. The van der Waals surface area contributed by atoms with Crippen LogP contribution in [0.4, 0.5) is 0 Å². The number of esters is 1. The van der Waals surface area contributed by atoms with Crippen LogP contribution in [0.5, 0.6) is 0 Å². The van der Waals surface area contributed by atoms with Crippen molar-refractivity contribution in [1.82, 2.24) is 4.57 Å². The summed E-state index contributed by atoms with van der Waals surface area (Å²) in [5.74, 6) is -0.639. The Labute approximate surface area is 113 Å². The number of nitrogens with zero attached hydrogens (tertiary/aromatic N) is 1. The molecule has 1 N–H and O–H groups in total. The first-order valence-electron chi connectivity index (χ1n) is 5.50. The lowest BCUT2D eigenvalue weighted by molar-refractivity contribution is -0.161. The number of methoxy groups -OCH3 is 1. The van der Waals surface area contributed by atoms with E-state index in [0.29, 0.717) is 0 Å². The number of fused-ring (bicyclic) bond motifs is 1. The Hall–Kier alpha value is -1.33. The van der Waals surface area contributed by atoms with Gasteiger partial charge in [0.25, 0.3) is 0 Å². The van der Waals surface area contributed by atoms with E-state index < -0.39 is 11.6 Å². The van der Waals surface area contributed by atoms with E-state index in [2.05, 4.69) is 20.7 Å². The Bertz CT molecular complexity index is 589. The van der Waals surface area contributed by atoms with Gasteiger partial charge in [-0.25, -0.2) is 4.79 Å². The van der Waals surface area contributed by atoms with E-state index in [1.54, 1.807) is 0 Å². The van der Waals surface area contributed by atoms with Crippen molar-refractivity contribution in [3.8, 4) is 0 Å². The van der Waals surface area contributed by atoms with Crippen LogP contribution >= 0.6 is 15.9 Å². The minimum atomic E-state index is -1.54. The van der Waals surface area contributed by atoms with Crippen LogP contribution in [0.25, 0.3) is 10.9 Å². The standard InChI is InChI=1S/C13H14BrNO3/c1-13(17,12(16)18-2)8-15-7-6-9-10(14)4-3-5-11(9)15/h3-7,17H,8H2,1-2H3. The summed E-state index contributed by atoms with van der Waals surface area (Å²) < 4.78 is 7.40.